The third-order valence-corrected chi connectivity index (χ3v) is 5.49. The monoisotopic (exact) mass is 523 g/mol. The molecule has 3 N–H and O–H groups in total. The zero-order valence-corrected chi connectivity index (χ0v) is 20.3. The lowest BCUT2D eigenvalue weighted by Crippen LogP contribution is -2.58. The summed E-state index contributed by atoms with van der Waals surface area (Å²) >= 11 is 0. The first-order valence-electron chi connectivity index (χ1n) is 10.5. The molecule has 1 aromatic heterocycles. The van der Waals surface area contributed by atoms with Crippen molar-refractivity contribution in [2.75, 3.05) is 33.4 Å². The number of guanidine groups is 1. The zero-order chi connectivity index (χ0) is 20.4. The van der Waals surface area contributed by atoms with E-state index in [9.17, 15) is 0 Å². The number of aromatic nitrogens is 1. The van der Waals surface area contributed by atoms with Crippen molar-refractivity contribution in [2.24, 2.45) is 4.99 Å². The van der Waals surface area contributed by atoms with E-state index in [-0.39, 0.29) is 35.6 Å². The summed E-state index contributed by atoms with van der Waals surface area (Å²) in [6.45, 7) is 5.38. The molecule has 0 aliphatic carbocycles. The van der Waals surface area contributed by atoms with Crippen LogP contribution in [0.25, 0.3) is 0 Å². The summed E-state index contributed by atoms with van der Waals surface area (Å²) in [5.41, 5.74) is 2.36. The second kappa shape index (κ2) is 12.9. The van der Waals surface area contributed by atoms with Crippen LogP contribution in [-0.2, 0) is 11.2 Å². The van der Waals surface area contributed by atoms with E-state index in [4.69, 9.17) is 4.74 Å². The summed E-state index contributed by atoms with van der Waals surface area (Å²) in [5, 5.41) is 10.8. The molecule has 2 aromatic rings. The van der Waals surface area contributed by atoms with Gasteiger partial charge in [0.2, 0.25) is 0 Å². The van der Waals surface area contributed by atoms with Crippen LogP contribution in [0.4, 0.5) is 0 Å². The van der Waals surface area contributed by atoms with Gasteiger partial charge < -0.3 is 20.7 Å². The van der Waals surface area contributed by atoms with E-state index in [1.807, 2.05) is 31.4 Å². The number of halogens is 1. The number of hydrogen-bond donors (Lipinski definition) is 3. The highest BCUT2D eigenvalue weighted by Crippen LogP contribution is 2.25. The molecule has 0 amide bonds. The van der Waals surface area contributed by atoms with Crippen LogP contribution in [0.5, 0.6) is 0 Å². The SMILES string of the molecule is CN=C(NCCc1ccccn1)NCC1(NC(C)c2ccccc2)CCOCC1.I. The first-order valence-corrected chi connectivity index (χ1v) is 10.5. The van der Waals surface area contributed by atoms with Crippen molar-refractivity contribution < 1.29 is 4.74 Å². The molecule has 6 nitrogen and oxygen atoms in total. The number of benzene rings is 1. The molecule has 1 aliphatic heterocycles. The molecule has 1 unspecified atom stereocenters. The van der Waals surface area contributed by atoms with E-state index in [0.29, 0.717) is 0 Å². The normalized spacial score (nSPS) is 16.9. The van der Waals surface area contributed by atoms with Crippen LogP contribution in [0.3, 0.4) is 0 Å². The molecule has 7 heteroatoms. The van der Waals surface area contributed by atoms with E-state index >= 15 is 0 Å². The fourth-order valence-electron chi connectivity index (χ4n) is 3.75. The Bertz CT molecular complexity index is 751. The van der Waals surface area contributed by atoms with Crippen molar-refractivity contribution in [3.05, 3.63) is 66.0 Å². The standard InChI is InChI=1S/C23H33N5O.HI/c1-19(20-8-4-3-5-9-20)28-23(12-16-29-17-13-23)18-27-22(24-2)26-15-11-21-10-6-7-14-25-21;/h3-10,14,19,28H,11-13,15-18H2,1-2H3,(H2,24,26,27);1H. The first-order chi connectivity index (χ1) is 14.2. The topological polar surface area (TPSA) is 70.6 Å². The lowest BCUT2D eigenvalue weighted by atomic mass is 9.88. The predicted octanol–water partition coefficient (Wildman–Crippen LogP) is 3.31. The van der Waals surface area contributed by atoms with Gasteiger partial charge in [-0.1, -0.05) is 36.4 Å². The Labute approximate surface area is 197 Å². The predicted molar refractivity (Wildman–Crippen MR) is 133 cm³/mol. The molecule has 0 spiro atoms. The van der Waals surface area contributed by atoms with E-state index in [0.717, 1.165) is 57.2 Å². The maximum atomic E-state index is 5.64. The van der Waals surface area contributed by atoms with Crippen LogP contribution in [0.2, 0.25) is 0 Å². The van der Waals surface area contributed by atoms with Gasteiger partial charge in [0.1, 0.15) is 0 Å². The van der Waals surface area contributed by atoms with Gasteiger partial charge in [0.05, 0.1) is 0 Å². The van der Waals surface area contributed by atoms with Gasteiger partial charge in [-0.3, -0.25) is 9.98 Å². The van der Waals surface area contributed by atoms with Crippen molar-refractivity contribution in [1.82, 2.24) is 20.9 Å². The van der Waals surface area contributed by atoms with Crippen molar-refractivity contribution in [3.63, 3.8) is 0 Å². The maximum Gasteiger partial charge on any atom is 0.191 e. The highest BCUT2D eigenvalue weighted by Gasteiger charge is 2.34. The summed E-state index contributed by atoms with van der Waals surface area (Å²) < 4.78 is 5.64. The molecule has 2 heterocycles. The van der Waals surface area contributed by atoms with Crippen LogP contribution in [0, 0.1) is 0 Å². The van der Waals surface area contributed by atoms with Gasteiger partial charge in [-0.25, -0.2) is 0 Å². The van der Waals surface area contributed by atoms with Crippen molar-refractivity contribution >= 4 is 29.9 Å². The Balaban J connectivity index is 0.00000320. The molecular weight excluding hydrogens is 489 g/mol. The second-order valence-electron chi connectivity index (χ2n) is 7.59. The molecule has 1 aliphatic rings. The quantitative estimate of drug-likeness (QED) is 0.282. The minimum Gasteiger partial charge on any atom is -0.381 e. The Morgan fingerprint density at radius 2 is 1.83 bits per heavy atom. The minimum absolute atomic E-state index is 0. The summed E-state index contributed by atoms with van der Waals surface area (Å²) in [6.07, 6.45) is 4.64. The number of rotatable bonds is 8. The minimum atomic E-state index is -0.0217. The number of nitrogens with zero attached hydrogens (tertiary/aromatic N) is 2. The first kappa shape index (κ1) is 24.6. The average Bonchev–Trinajstić information content (AvgIpc) is 2.78. The highest BCUT2D eigenvalue weighted by molar-refractivity contribution is 14.0. The fraction of sp³-hybridized carbons (Fsp3) is 0.478. The Hall–Kier alpha value is -1.71. The van der Waals surface area contributed by atoms with Crippen molar-refractivity contribution in [1.29, 1.82) is 0 Å². The fourth-order valence-corrected chi connectivity index (χ4v) is 3.75. The molecule has 0 bridgehead atoms. The van der Waals surface area contributed by atoms with Crippen LogP contribution in [0.15, 0.2) is 59.7 Å². The number of pyridine rings is 1. The lowest BCUT2D eigenvalue weighted by Gasteiger charge is -2.41. The van der Waals surface area contributed by atoms with Crippen molar-refractivity contribution in [2.45, 2.75) is 37.8 Å². The molecule has 0 saturated carbocycles. The smallest absolute Gasteiger partial charge is 0.191 e. The lowest BCUT2D eigenvalue weighted by molar-refractivity contribution is 0.0355. The highest BCUT2D eigenvalue weighted by atomic mass is 127. The third-order valence-electron chi connectivity index (χ3n) is 5.49. The molecule has 3 rings (SSSR count). The van der Waals surface area contributed by atoms with Gasteiger partial charge >= 0.3 is 0 Å². The van der Waals surface area contributed by atoms with Crippen LogP contribution in [0.1, 0.15) is 37.1 Å². The number of aliphatic imine (C=N–C) groups is 1. The number of hydrogen-bond acceptors (Lipinski definition) is 4. The largest absolute Gasteiger partial charge is 0.381 e. The molecule has 0 radical (unpaired) electrons. The average molecular weight is 523 g/mol. The van der Waals surface area contributed by atoms with Gasteiger partial charge in [-0.05, 0) is 37.5 Å². The molecule has 1 saturated heterocycles. The number of nitrogens with one attached hydrogen (secondary N) is 3. The van der Waals surface area contributed by atoms with E-state index in [1.54, 1.807) is 0 Å². The molecule has 1 atom stereocenters. The van der Waals surface area contributed by atoms with Gasteiger partial charge in [0.15, 0.2) is 5.96 Å². The molecule has 164 valence electrons. The van der Waals surface area contributed by atoms with Crippen LogP contribution >= 0.6 is 24.0 Å². The van der Waals surface area contributed by atoms with Crippen molar-refractivity contribution in [3.8, 4) is 0 Å². The Kier molecular flexibility index (Phi) is 10.5. The zero-order valence-electron chi connectivity index (χ0n) is 17.9. The second-order valence-corrected chi connectivity index (χ2v) is 7.59. The third kappa shape index (κ3) is 7.52. The summed E-state index contributed by atoms with van der Waals surface area (Å²) in [7, 11) is 1.81. The van der Waals surface area contributed by atoms with Gasteiger partial charge in [0.25, 0.3) is 0 Å². The van der Waals surface area contributed by atoms with Gasteiger partial charge in [-0.2, -0.15) is 0 Å². The van der Waals surface area contributed by atoms with E-state index < -0.39 is 0 Å². The molecule has 1 aromatic carbocycles. The summed E-state index contributed by atoms with van der Waals surface area (Å²) in [6, 6.07) is 16.9. The number of ether oxygens (including phenoxy) is 1. The van der Waals surface area contributed by atoms with Crippen LogP contribution < -0.4 is 16.0 Å². The summed E-state index contributed by atoms with van der Waals surface area (Å²) in [5.74, 6) is 0.820. The van der Waals surface area contributed by atoms with Gasteiger partial charge in [-0.15, -0.1) is 24.0 Å². The summed E-state index contributed by atoms with van der Waals surface area (Å²) in [4.78, 5) is 8.76. The Morgan fingerprint density at radius 1 is 1.10 bits per heavy atom. The molecule has 30 heavy (non-hydrogen) atoms. The van der Waals surface area contributed by atoms with Gasteiger partial charge in [0, 0.05) is 63.2 Å². The Morgan fingerprint density at radius 3 is 2.50 bits per heavy atom. The van der Waals surface area contributed by atoms with E-state index in [1.165, 1.54) is 5.56 Å². The molecular formula is C23H34IN5O. The maximum absolute atomic E-state index is 5.64. The van der Waals surface area contributed by atoms with E-state index in [2.05, 4.69) is 63.2 Å². The van der Waals surface area contributed by atoms with Crippen LogP contribution in [-0.4, -0.2) is 49.8 Å². The molecule has 1 fully saturated rings.